The Balaban J connectivity index is 2.33. The molecule has 23 heavy (non-hydrogen) atoms. The number of aliphatic hydroxyl groups is 6. The smallest absolute Gasteiger partial charge is 0.248 e. The molecule has 2 fully saturated rings. The van der Waals surface area contributed by atoms with Crippen molar-refractivity contribution in [1.29, 1.82) is 0 Å². The van der Waals surface area contributed by atoms with Gasteiger partial charge in [0, 0.05) is 0 Å². The average molecular weight is 339 g/mol. The number of hydrogen-bond acceptors (Lipinski definition) is 10. The first-order chi connectivity index (χ1) is 10.7. The third-order valence-electron chi connectivity index (χ3n) is 4.45. The summed E-state index contributed by atoms with van der Waals surface area (Å²) >= 11 is 0. The number of ether oxygens (including phenoxy) is 2. The predicted octanol–water partition coefficient (Wildman–Crippen LogP) is -5.64. The lowest BCUT2D eigenvalue weighted by molar-refractivity contribution is -0.389. The molecular weight excluding hydrogens is 316 g/mol. The fourth-order valence-electron chi connectivity index (χ4n) is 2.96. The van der Waals surface area contributed by atoms with Crippen LogP contribution in [-0.4, -0.2) is 104 Å². The Morgan fingerprint density at radius 3 is 1.91 bits per heavy atom. The first kappa shape index (κ1) is 18.9. The van der Waals surface area contributed by atoms with Crippen molar-refractivity contribution < 1.29 is 45.2 Å². The molecule has 2 heterocycles. The van der Waals surface area contributed by atoms with Gasteiger partial charge in [-0.3, -0.25) is 0 Å². The maximum Gasteiger partial charge on any atom is 0.248 e. The molecular formula is C12H23N2O9. The highest BCUT2D eigenvalue weighted by molar-refractivity contribution is 5.08. The molecule has 11 nitrogen and oxygen atoms in total. The first-order valence-electron chi connectivity index (χ1n) is 7.17. The predicted molar refractivity (Wildman–Crippen MR) is 71.1 cm³/mol. The second-order valence-electron chi connectivity index (χ2n) is 5.90. The molecule has 0 amide bonds. The SMILES string of the molecule is N[C@@H]1[C@@H](O)[C@H](O)[C@@H](CO)OC1([O])C1O[C@H](CO)[C@@H](O)[C@H](O)[C@H]1N. The highest BCUT2D eigenvalue weighted by Crippen LogP contribution is 2.36. The molecule has 2 aliphatic rings. The summed E-state index contributed by atoms with van der Waals surface area (Å²) < 4.78 is 10.3. The van der Waals surface area contributed by atoms with Gasteiger partial charge in [0.15, 0.2) is 0 Å². The van der Waals surface area contributed by atoms with E-state index in [-0.39, 0.29) is 0 Å². The lowest BCUT2D eigenvalue weighted by Crippen LogP contribution is -2.77. The Bertz CT molecular complexity index is 412. The van der Waals surface area contributed by atoms with Gasteiger partial charge in [-0.25, -0.2) is 0 Å². The molecule has 0 saturated carbocycles. The van der Waals surface area contributed by atoms with Crippen molar-refractivity contribution in [3.8, 4) is 0 Å². The minimum Gasteiger partial charge on any atom is -0.394 e. The van der Waals surface area contributed by atoms with Crippen molar-refractivity contribution in [2.24, 2.45) is 11.5 Å². The van der Waals surface area contributed by atoms with Gasteiger partial charge < -0.3 is 51.6 Å². The summed E-state index contributed by atoms with van der Waals surface area (Å²) in [7, 11) is 0. The third kappa shape index (κ3) is 2.99. The van der Waals surface area contributed by atoms with Gasteiger partial charge in [0.1, 0.15) is 42.7 Å². The van der Waals surface area contributed by atoms with E-state index in [0.717, 1.165) is 0 Å². The van der Waals surface area contributed by atoms with Crippen LogP contribution in [-0.2, 0) is 14.6 Å². The van der Waals surface area contributed by atoms with Crippen molar-refractivity contribution in [3.63, 3.8) is 0 Å². The van der Waals surface area contributed by atoms with Crippen LogP contribution in [0.4, 0.5) is 0 Å². The Hall–Kier alpha value is -0.440. The molecule has 11 heteroatoms. The van der Waals surface area contributed by atoms with E-state index in [0.29, 0.717) is 0 Å². The zero-order chi connectivity index (χ0) is 17.5. The van der Waals surface area contributed by atoms with Crippen LogP contribution in [0, 0.1) is 0 Å². The van der Waals surface area contributed by atoms with Crippen LogP contribution >= 0.6 is 0 Å². The molecule has 0 bridgehead atoms. The van der Waals surface area contributed by atoms with E-state index < -0.39 is 73.8 Å². The zero-order valence-corrected chi connectivity index (χ0v) is 12.2. The number of rotatable bonds is 3. The maximum atomic E-state index is 13.0. The molecule has 0 spiro atoms. The molecule has 10 atom stereocenters. The monoisotopic (exact) mass is 339 g/mol. The first-order valence-corrected chi connectivity index (χ1v) is 7.17. The second-order valence-corrected chi connectivity index (χ2v) is 5.90. The minimum absolute atomic E-state index is 0.707. The van der Waals surface area contributed by atoms with Gasteiger partial charge in [-0.05, 0) is 0 Å². The van der Waals surface area contributed by atoms with Gasteiger partial charge in [0.25, 0.3) is 0 Å². The van der Waals surface area contributed by atoms with Crippen LogP contribution in [0.15, 0.2) is 0 Å². The Kier molecular flexibility index (Phi) is 5.60. The van der Waals surface area contributed by atoms with E-state index in [2.05, 4.69) is 0 Å². The molecule has 0 aromatic heterocycles. The van der Waals surface area contributed by atoms with Crippen LogP contribution in [0.25, 0.3) is 0 Å². The number of hydrogen-bond donors (Lipinski definition) is 8. The van der Waals surface area contributed by atoms with Gasteiger partial charge in [0.2, 0.25) is 5.79 Å². The van der Waals surface area contributed by atoms with Gasteiger partial charge in [-0.15, -0.1) is 0 Å². The summed E-state index contributed by atoms with van der Waals surface area (Å²) in [6.07, 6.45) is -10.9. The van der Waals surface area contributed by atoms with Crippen LogP contribution in [0.5, 0.6) is 0 Å². The van der Waals surface area contributed by atoms with Crippen molar-refractivity contribution >= 4 is 0 Å². The van der Waals surface area contributed by atoms with Gasteiger partial charge in [-0.2, -0.15) is 5.11 Å². The molecule has 0 aliphatic carbocycles. The maximum absolute atomic E-state index is 13.0. The number of nitrogens with two attached hydrogens (primary N) is 2. The highest BCUT2D eigenvalue weighted by atomic mass is 16.7. The summed E-state index contributed by atoms with van der Waals surface area (Å²) in [4.78, 5) is 0. The van der Waals surface area contributed by atoms with Crippen molar-refractivity contribution in [2.45, 2.75) is 60.6 Å². The lowest BCUT2D eigenvalue weighted by atomic mass is 9.81. The van der Waals surface area contributed by atoms with E-state index in [4.69, 9.17) is 20.9 Å². The molecule has 2 aliphatic heterocycles. The number of aliphatic hydroxyl groups excluding tert-OH is 6. The molecule has 2 unspecified atom stereocenters. The lowest BCUT2D eigenvalue weighted by Gasteiger charge is -2.52. The van der Waals surface area contributed by atoms with Crippen molar-refractivity contribution in [3.05, 3.63) is 0 Å². The van der Waals surface area contributed by atoms with E-state index >= 15 is 0 Å². The van der Waals surface area contributed by atoms with Crippen molar-refractivity contribution in [2.75, 3.05) is 13.2 Å². The zero-order valence-electron chi connectivity index (χ0n) is 12.2. The summed E-state index contributed by atoms with van der Waals surface area (Å²) in [5.74, 6) is -2.72. The fraction of sp³-hybridized carbons (Fsp3) is 1.00. The van der Waals surface area contributed by atoms with Gasteiger partial charge in [0.05, 0.1) is 25.3 Å². The molecule has 1 radical (unpaired) electrons. The van der Waals surface area contributed by atoms with E-state index in [1.165, 1.54) is 0 Å². The van der Waals surface area contributed by atoms with E-state index in [1.54, 1.807) is 0 Å². The Morgan fingerprint density at radius 1 is 0.870 bits per heavy atom. The van der Waals surface area contributed by atoms with Gasteiger partial charge in [-0.1, -0.05) is 0 Å². The molecule has 135 valence electrons. The topological polar surface area (TPSA) is 212 Å². The normalized spacial score (nSPS) is 54.9. The Labute approximate surface area is 131 Å². The summed E-state index contributed by atoms with van der Waals surface area (Å²) in [5.41, 5.74) is 11.4. The van der Waals surface area contributed by atoms with Crippen LogP contribution in [0.3, 0.4) is 0 Å². The third-order valence-corrected chi connectivity index (χ3v) is 4.45. The van der Waals surface area contributed by atoms with Gasteiger partial charge >= 0.3 is 0 Å². The largest absolute Gasteiger partial charge is 0.394 e. The summed E-state index contributed by atoms with van der Waals surface area (Å²) in [6.45, 7) is -1.48. The summed E-state index contributed by atoms with van der Waals surface area (Å²) in [5, 5.41) is 70.7. The molecule has 0 aromatic rings. The summed E-state index contributed by atoms with van der Waals surface area (Å²) in [6, 6.07) is -3.13. The molecule has 10 N–H and O–H groups in total. The molecule has 0 aromatic carbocycles. The van der Waals surface area contributed by atoms with Crippen LogP contribution < -0.4 is 11.5 Å². The molecule has 2 saturated heterocycles. The van der Waals surface area contributed by atoms with Crippen LogP contribution in [0.2, 0.25) is 0 Å². The standard InChI is InChI=1S/C12H23N2O9/c13-5-8(19)6(17)3(1-15)22-11(5)12(21)10(14)9(20)7(18)4(2-16)23-12/h3-11,15-20H,1-2,13-14H2/t3-,4-,5-,6-,7-,8-,9+,10-,11?,12?/m1/s1. The minimum atomic E-state index is -2.72. The Morgan fingerprint density at radius 2 is 1.39 bits per heavy atom. The average Bonchev–Trinajstić information content (AvgIpc) is 2.54. The fourth-order valence-corrected chi connectivity index (χ4v) is 2.96. The van der Waals surface area contributed by atoms with Crippen LogP contribution in [0.1, 0.15) is 0 Å². The van der Waals surface area contributed by atoms with E-state index in [1.807, 2.05) is 0 Å². The quantitative estimate of drug-likeness (QED) is 0.244. The molecule has 2 rings (SSSR count). The van der Waals surface area contributed by atoms with Crippen molar-refractivity contribution in [1.82, 2.24) is 0 Å². The highest BCUT2D eigenvalue weighted by Gasteiger charge is 2.62. The second kappa shape index (κ2) is 6.82. The van der Waals surface area contributed by atoms with E-state index in [9.17, 15) is 35.7 Å².